The number of amides is 4. The predicted octanol–water partition coefficient (Wildman–Crippen LogP) is 5.45. The van der Waals surface area contributed by atoms with Gasteiger partial charge < -0.3 is 20.4 Å². The molecule has 5 aliphatic rings. The van der Waals surface area contributed by atoms with Gasteiger partial charge in [0.2, 0.25) is 5.91 Å². The van der Waals surface area contributed by atoms with E-state index in [1.165, 1.54) is 4.90 Å². The maximum absolute atomic E-state index is 16.0. The third-order valence-corrected chi connectivity index (χ3v) is 13.5. The second-order valence-electron chi connectivity index (χ2n) is 17.7. The highest BCUT2D eigenvalue weighted by Gasteiger charge is 2.48. The number of pyridine rings is 2. The summed E-state index contributed by atoms with van der Waals surface area (Å²) in [5, 5.41) is 15.3. The first-order valence-electron chi connectivity index (χ1n) is 22.4. The molecule has 8 heterocycles. The lowest BCUT2D eigenvalue weighted by Gasteiger charge is -2.46. The van der Waals surface area contributed by atoms with Crippen molar-refractivity contribution in [1.29, 1.82) is 0 Å². The number of halogens is 2. The molecule has 0 spiro atoms. The number of nitrogens with one attached hydrogen (secondary N) is 3. The van der Waals surface area contributed by atoms with E-state index in [0.717, 1.165) is 69.5 Å². The summed E-state index contributed by atoms with van der Waals surface area (Å²) in [6, 6.07) is 17.0. The molecule has 1 saturated carbocycles. The van der Waals surface area contributed by atoms with E-state index >= 15 is 8.78 Å². The van der Waals surface area contributed by atoms with Crippen LogP contribution in [0.3, 0.4) is 0 Å². The van der Waals surface area contributed by atoms with Crippen molar-refractivity contribution in [3.63, 3.8) is 0 Å². The Morgan fingerprint density at radius 2 is 1.71 bits per heavy atom. The number of benzene rings is 2. The molecule has 1 aliphatic carbocycles. The number of carbonyl (C=O) groups is 3. The highest BCUT2D eigenvalue weighted by atomic mass is 19.3. The quantitative estimate of drug-likeness (QED) is 0.160. The molecule has 4 amide bonds. The second kappa shape index (κ2) is 16.3. The molecule has 4 aromatic heterocycles. The standard InChI is InChI=1S/C47H49F2N13O3/c1-50-37-22-42(56-62-40(26-53-44(37)62)45(64)54-31-6-7-31)60-15-11-35-34(3-2-4-38(35)60)36-10-5-29(23-52-36)27-57-14-12-41(47(48,49)28-57)59-19-17-58(18-20-59)32-8-9-33-30(21-32)24-51-25-39(33)61-16-13-43(63)55-46(61)65/h2-5,8-10,21-26,31,41,50H,6-7,11-20,27-28H2,1H3,(H,54,64)(H,55,63,65). The van der Waals surface area contributed by atoms with E-state index in [9.17, 15) is 14.4 Å². The zero-order valence-electron chi connectivity index (χ0n) is 36.0. The van der Waals surface area contributed by atoms with Crippen LogP contribution < -0.4 is 30.7 Å². The van der Waals surface area contributed by atoms with Crippen LogP contribution in [0.5, 0.6) is 0 Å². The van der Waals surface area contributed by atoms with Gasteiger partial charge in [-0.05, 0) is 61.1 Å². The van der Waals surface area contributed by atoms with Gasteiger partial charge in [-0.25, -0.2) is 23.1 Å². The average Bonchev–Trinajstić information content (AvgIpc) is 3.84. The van der Waals surface area contributed by atoms with E-state index in [-0.39, 0.29) is 37.4 Å². The fraction of sp³-hybridized carbons (Fsp3) is 0.383. The molecule has 16 nitrogen and oxygen atoms in total. The summed E-state index contributed by atoms with van der Waals surface area (Å²) < 4.78 is 33.6. The molecular formula is C47H49F2N13O3. The average molecular weight is 882 g/mol. The van der Waals surface area contributed by atoms with E-state index < -0.39 is 18.0 Å². The minimum Gasteiger partial charge on any atom is -0.385 e. The van der Waals surface area contributed by atoms with Crippen molar-refractivity contribution in [3.05, 3.63) is 96.2 Å². The van der Waals surface area contributed by atoms with Gasteiger partial charge in [-0.2, -0.15) is 0 Å². The Labute approximate surface area is 373 Å². The van der Waals surface area contributed by atoms with Crippen LogP contribution >= 0.6 is 0 Å². The van der Waals surface area contributed by atoms with Crippen LogP contribution in [0.15, 0.2) is 79.4 Å². The van der Waals surface area contributed by atoms with E-state index in [0.29, 0.717) is 75.1 Å². The predicted molar refractivity (Wildman–Crippen MR) is 243 cm³/mol. The summed E-state index contributed by atoms with van der Waals surface area (Å²) >= 11 is 0. The number of carbonyl (C=O) groups excluding carboxylic acids is 3. The van der Waals surface area contributed by atoms with E-state index in [4.69, 9.17) is 10.1 Å². The Kier molecular flexibility index (Phi) is 10.3. The Balaban J connectivity index is 0.720. The summed E-state index contributed by atoms with van der Waals surface area (Å²) in [6.45, 7) is 3.90. The number of urea groups is 1. The minimum absolute atomic E-state index is 0.183. The van der Waals surface area contributed by atoms with Crippen molar-refractivity contribution in [3.8, 4) is 11.3 Å². The lowest BCUT2D eigenvalue weighted by atomic mass is 9.97. The second-order valence-corrected chi connectivity index (χ2v) is 17.7. The molecule has 4 fully saturated rings. The topological polar surface area (TPSA) is 159 Å². The number of anilines is 5. The Morgan fingerprint density at radius 1 is 0.862 bits per heavy atom. The van der Waals surface area contributed by atoms with Crippen LogP contribution in [0.25, 0.3) is 27.7 Å². The number of piperidine rings is 1. The number of hydrogen-bond acceptors (Lipinski definition) is 12. The number of imide groups is 1. The fourth-order valence-corrected chi connectivity index (χ4v) is 9.99. The first kappa shape index (κ1) is 40.9. The van der Waals surface area contributed by atoms with Crippen LogP contribution in [0.1, 0.15) is 47.3 Å². The third-order valence-electron chi connectivity index (χ3n) is 13.5. The largest absolute Gasteiger partial charge is 0.385 e. The van der Waals surface area contributed by atoms with Crippen LogP contribution in [0.4, 0.5) is 42.1 Å². The Hall–Kier alpha value is -6.79. The molecule has 11 rings (SSSR count). The summed E-state index contributed by atoms with van der Waals surface area (Å²) in [5.41, 5.74) is 8.25. The van der Waals surface area contributed by atoms with Crippen molar-refractivity contribution >= 4 is 62.8 Å². The molecule has 4 aliphatic heterocycles. The Bertz CT molecular complexity index is 2840. The van der Waals surface area contributed by atoms with Gasteiger partial charge in [0.05, 0.1) is 42.0 Å². The first-order chi connectivity index (χ1) is 31.6. The van der Waals surface area contributed by atoms with Crippen molar-refractivity contribution in [2.75, 3.05) is 79.4 Å². The van der Waals surface area contributed by atoms with E-state index in [1.54, 1.807) is 23.1 Å². The molecule has 65 heavy (non-hydrogen) atoms. The molecule has 1 unspecified atom stereocenters. The fourth-order valence-electron chi connectivity index (χ4n) is 9.99. The molecule has 18 heteroatoms. The maximum Gasteiger partial charge on any atom is 0.328 e. The van der Waals surface area contributed by atoms with E-state index in [1.807, 2.05) is 65.5 Å². The lowest BCUT2D eigenvalue weighted by molar-refractivity contribution is -0.129. The van der Waals surface area contributed by atoms with Crippen LogP contribution in [0.2, 0.25) is 0 Å². The van der Waals surface area contributed by atoms with E-state index in [2.05, 4.69) is 47.9 Å². The highest BCUT2D eigenvalue weighted by Crippen LogP contribution is 2.40. The van der Waals surface area contributed by atoms with Gasteiger partial charge in [-0.3, -0.25) is 39.6 Å². The summed E-state index contributed by atoms with van der Waals surface area (Å²) in [6.07, 6.45) is 10.1. The number of aromatic nitrogens is 5. The van der Waals surface area contributed by atoms with Crippen molar-refractivity contribution in [1.82, 2.24) is 45.0 Å². The molecule has 0 bridgehead atoms. The van der Waals surface area contributed by atoms with Gasteiger partial charge in [0, 0.05) is 118 Å². The van der Waals surface area contributed by atoms with Gasteiger partial charge >= 0.3 is 6.03 Å². The van der Waals surface area contributed by atoms with Gasteiger partial charge in [-0.15, -0.1) is 5.10 Å². The normalized spacial score (nSPS) is 20.4. The third kappa shape index (κ3) is 7.73. The van der Waals surface area contributed by atoms with Gasteiger partial charge in [0.25, 0.3) is 11.8 Å². The van der Waals surface area contributed by atoms with Crippen LogP contribution in [-0.2, 0) is 17.8 Å². The SMILES string of the molecule is CNc1cc(N2CCc3c(-c4ccc(CN5CCC(N6CCN(c7ccc8c(N9CCC(=O)NC9=O)cncc8c7)CC6)C(F)(F)C5)cn4)cccc32)nn2c(C(=O)NC3CC3)cnc12. The highest BCUT2D eigenvalue weighted by molar-refractivity contribution is 6.10. The number of alkyl halides is 2. The summed E-state index contributed by atoms with van der Waals surface area (Å²) in [4.78, 5) is 60.7. The van der Waals surface area contributed by atoms with Crippen molar-refractivity contribution in [2.24, 2.45) is 0 Å². The molecule has 0 radical (unpaired) electrons. The van der Waals surface area contributed by atoms with Crippen molar-refractivity contribution < 1.29 is 23.2 Å². The molecule has 334 valence electrons. The van der Waals surface area contributed by atoms with Crippen molar-refractivity contribution in [2.45, 2.75) is 56.7 Å². The lowest BCUT2D eigenvalue weighted by Crippen LogP contribution is -2.61. The summed E-state index contributed by atoms with van der Waals surface area (Å²) in [7, 11) is 1.83. The van der Waals surface area contributed by atoms with Gasteiger partial charge in [0.1, 0.15) is 0 Å². The van der Waals surface area contributed by atoms with Gasteiger partial charge in [-0.1, -0.05) is 24.3 Å². The molecule has 3 N–H and O–H groups in total. The van der Waals surface area contributed by atoms with Gasteiger partial charge in [0.15, 0.2) is 17.2 Å². The number of imidazole rings is 1. The monoisotopic (exact) mass is 881 g/mol. The molecule has 1 atom stereocenters. The smallest absolute Gasteiger partial charge is 0.328 e. The number of nitrogens with zero attached hydrogens (tertiary/aromatic N) is 10. The number of fused-ring (bicyclic) bond motifs is 3. The zero-order chi connectivity index (χ0) is 44.4. The molecule has 3 saturated heterocycles. The minimum atomic E-state index is -2.88. The Morgan fingerprint density at radius 3 is 2.48 bits per heavy atom. The van der Waals surface area contributed by atoms with Crippen LogP contribution in [0, 0.1) is 0 Å². The number of likely N-dealkylation sites (tertiary alicyclic amines) is 1. The molecular weight excluding hydrogens is 833 g/mol. The zero-order valence-corrected chi connectivity index (χ0v) is 36.0. The maximum atomic E-state index is 16.0. The molecule has 2 aromatic carbocycles. The first-order valence-corrected chi connectivity index (χ1v) is 22.4. The number of hydrogen-bond donors (Lipinski definition) is 3. The summed E-state index contributed by atoms with van der Waals surface area (Å²) in [5.74, 6) is -2.65. The number of piperazine rings is 1. The van der Waals surface area contributed by atoms with Crippen LogP contribution in [-0.4, -0.2) is 130 Å². The number of rotatable bonds is 10. The molecule has 6 aromatic rings.